The van der Waals surface area contributed by atoms with Gasteiger partial charge in [0.05, 0.1) is 36.6 Å². The molecule has 7 atom stereocenters. The molecule has 2 aliphatic rings. The topological polar surface area (TPSA) is 165 Å². The summed E-state index contributed by atoms with van der Waals surface area (Å²) in [6, 6.07) is 6.27. The number of aliphatic hydroxyl groups excluding tert-OH is 4. The van der Waals surface area contributed by atoms with E-state index in [-0.39, 0.29) is 33.1 Å². The number of hydrogen-bond donors (Lipinski definition) is 4. The average Bonchev–Trinajstić information content (AvgIpc) is 3.61. The molecule has 11 nitrogen and oxygen atoms in total. The number of rotatable bonds is 6. The molecule has 0 bridgehead atoms. The smallest absolute Gasteiger partial charge is 0.259 e. The summed E-state index contributed by atoms with van der Waals surface area (Å²) in [5, 5.41) is 60.6. The molecule has 1 saturated heterocycles. The van der Waals surface area contributed by atoms with Crippen molar-refractivity contribution < 1.29 is 38.7 Å². The highest BCUT2D eigenvalue weighted by atomic mass is 35.5. The highest BCUT2D eigenvalue weighted by Gasteiger charge is 2.51. The normalized spacial score (nSPS) is 27.5. The molecule has 42 heavy (non-hydrogen) atoms. The molecule has 222 valence electrons. The van der Waals surface area contributed by atoms with Crippen LogP contribution in [0.3, 0.4) is 0 Å². The van der Waals surface area contributed by atoms with E-state index in [9.17, 15) is 39.3 Å². The number of amides is 1. The second-order valence-electron chi connectivity index (χ2n) is 10.5. The van der Waals surface area contributed by atoms with E-state index >= 15 is 0 Å². The molecule has 4 N–H and O–H groups in total. The molecule has 0 radical (unpaired) electrons. The van der Waals surface area contributed by atoms with Crippen LogP contribution in [0.5, 0.6) is 0 Å². The number of aromatic nitrogens is 3. The van der Waals surface area contributed by atoms with E-state index in [1.165, 1.54) is 36.2 Å². The summed E-state index contributed by atoms with van der Waals surface area (Å²) in [5.41, 5.74) is 0.266. The van der Waals surface area contributed by atoms with Crippen LogP contribution in [0.15, 0.2) is 36.5 Å². The van der Waals surface area contributed by atoms with Gasteiger partial charge in [0.1, 0.15) is 41.7 Å². The number of aliphatic hydroxyl groups is 4. The minimum absolute atomic E-state index is 0.0285. The standard InChI is InChI=1S/C28H28ClF2N5O6/c1-13-18(30)7-15(8-19(13)31)20-11-35(34-33-20)24-25(39)23(12-37)42-27(26(24)40)28(41)36(21-3-2-4-22(21)38)17-6-14(10-32)5-16(29)9-17/h5-9,11,21-27,37-40H,2-4,12H2,1H3/t21-,22-,23+,24-,25-,26+,27+/m0/s1. The first-order valence-corrected chi connectivity index (χ1v) is 13.6. The maximum atomic E-state index is 14.2. The number of carbonyl (C=O) groups excluding carboxylic acids is 1. The maximum Gasteiger partial charge on any atom is 0.259 e. The number of halogens is 3. The number of ether oxygens (including phenoxy) is 1. The van der Waals surface area contributed by atoms with E-state index < -0.39 is 66.8 Å². The molecule has 3 aromatic rings. The molecular formula is C28H28ClF2N5O6. The van der Waals surface area contributed by atoms with Gasteiger partial charge in [0.15, 0.2) is 6.10 Å². The third kappa shape index (κ3) is 5.49. The molecule has 5 rings (SSSR count). The van der Waals surface area contributed by atoms with E-state index in [4.69, 9.17) is 16.3 Å². The Kier molecular flexibility index (Phi) is 8.56. The molecule has 1 aliphatic carbocycles. The molecule has 2 heterocycles. The molecule has 2 fully saturated rings. The second-order valence-corrected chi connectivity index (χ2v) is 10.9. The lowest BCUT2D eigenvalue weighted by atomic mass is 9.91. The molecular weight excluding hydrogens is 576 g/mol. The van der Waals surface area contributed by atoms with Crippen molar-refractivity contribution in [2.45, 2.75) is 68.8 Å². The number of anilines is 1. The van der Waals surface area contributed by atoms with Gasteiger partial charge < -0.3 is 30.1 Å². The van der Waals surface area contributed by atoms with Gasteiger partial charge in [-0.15, -0.1) is 5.10 Å². The lowest BCUT2D eigenvalue weighted by Gasteiger charge is -2.43. The third-order valence-electron chi connectivity index (χ3n) is 7.83. The zero-order chi connectivity index (χ0) is 30.3. The molecule has 1 amide bonds. The Labute approximate surface area is 244 Å². The SMILES string of the molecule is Cc1c(F)cc(-c2cn([C@H]3[C@@H](O)[C@@H](CO)O[C@@H](C(=O)N(c4cc(Cl)cc(C#N)c4)[C@H]4CCC[C@@H]4O)[C@@H]3O)nn2)cc1F. The first-order valence-electron chi connectivity index (χ1n) is 13.3. The summed E-state index contributed by atoms with van der Waals surface area (Å²) in [7, 11) is 0. The Morgan fingerprint density at radius 2 is 1.88 bits per heavy atom. The quantitative estimate of drug-likeness (QED) is 0.330. The van der Waals surface area contributed by atoms with Crippen LogP contribution in [0.25, 0.3) is 11.3 Å². The Hall–Kier alpha value is -3.51. The minimum atomic E-state index is -1.76. The number of carbonyl (C=O) groups is 1. The Balaban J connectivity index is 1.52. The molecule has 1 saturated carbocycles. The van der Waals surface area contributed by atoms with Gasteiger partial charge >= 0.3 is 0 Å². The molecule has 1 aliphatic heterocycles. The lowest BCUT2D eigenvalue weighted by molar-refractivity contribution is -0.205. The van der Waals surface area contributed by atoms with Gasteiger partial charge in [-0.3, -0.25) is 4.79 Å². The highest BCUT2D eigenvalue weighted by molar-refractivity contribution is 6.31. The second kappa shape index (κ2) is 12.0. The van der Waals surface area contributed by atoms with Gasteiger partial charge in [-0.1, -0.05) is 16.8 Å². The van der Waals surface area contributed by atoms with E-state index in [2.05, 4.69) is 10.3 Å². The van der Waals surface area contributed by atoms with E-state index in [0.717, 1.165) is 16.8 Å². The predicted molar refractivity (Wildman–Crippen MR) is 144 cm³/mol. The van der Waals surface area contributed by atoms with Crippen LogP contribution < -0.4 is 4.90 Å². The summed E-state index contributed by atoms with van der Waals surface area (Å²) in [4.78, 5) is 15.4. The largest absolute Gasteiger partial charge is 0.394 e. The number of hydrogen-bond acceptors (Lipinski definition) is 9. The van der Waals surface area contributed by atoms with Crippen molar-refractivity contribution in [2.24, 2.45) is 0 Å². The number of nitrogens with zero attached hydrogens (tertiary/aromatic N) is 5. The summed E-state index contributed by atoms with van der Waals surface area (Å²) in [5.74, 6) is -2.41. The van der Waals surface area contributed by atoms with Gasteiger partial charge in [0.25, 0.3) is 5.91 Å². The zero-order valence-electron chi connectivity index (χ0n) is 22.3. The summed E-state index contributed by atoms with van der Waals surface area (Å²) >= 11 is 6.22. The van der Waals surface area contributed by atoms with Crippen molar-refractivity contribution in [3.05, 3.63) is 64.3 Å². The Morgan fingerprint density at radius 1 is 1.17 bits per heavy atom. The predicted octanol–water partition coefficient (Wildman–Crippen LogP) is 2.03. The Bertz CT molecular complexity index is 1510. The van der Waals surface area contributed by atoms with Crippen molar-refractivity contribution in [1.82, 2.24) is 15.0 Å². The minimum Gasteiger partial charge on any atom is -0.394 e. The average molecular weight is 604 g/mol. The van der Waals surface area contributed by atoms with Crippen molar-refractivity contribution >= 4 is 23.2 Å². The van der Waals surface area contributed by atoms with Gasteiger partial charge in [-0.25, -0.2) is 13.5 Å². The van der Waals surface area contributed by atoms with Crippen LogP contribution in [0.4, 0.5) is 14.5 Å². The number of benzene rings is 2. The summed E-state index contributed by atoms with van der Waals surface area (Å²) in [6.07, 6.45) is -4.58. The molecule has 0 spiro atoms. The molecule has 2 aromatic carbocycles. The number of nitriles is 1. The van der Waals surface area contributed by atoms with Crippen LogP contribution >= 0.6 is 11.6 Å². The van der Waals surface area contributed by atoms with Crippen LogP contribution in [0.1, 0.15) is 36.4 Å². The van der Waals surface area contributed by atoms with Crippen LogP contribution in [0, 0.1) is 29.9 Å². The van der Waals surface area contributed by atoms with E-state index in [1.807, 2.05) is 6.07 Å². The molecule has 14 heteroatoms. The first kappa shape index (κ1) is 30.0. The van der Waals surface area contributed by atoms with E-state index in [1.54, 1.807) is 0 Å². The van der Waals surface area contributed by atoms with Gasteiger partial charge in [-0.2, -0.15) is 5.26 Å². The van der Waals surface area contributed by atoms with Crippen molar-refractivity contribution in [3.63, 3.8) is 0 Å². The Morgan fingerprint density at radius 3 is 2.50 bits per heavy atom. The summed E-state index contributed by atoms with van der Waals surface area (Å²) < 4.78 is 35.1. The van der Waals surface area contributed by atoms with Gasteiger partial charge in [0, 0.05) is 21.8 Å². The summed E-state index contributed by atoms with van der Waals surface area (Å²) in [6.45, 7) is 0.552. The lowest BCUT2D eigenvalue weighted by Crippen LogP contribution is -2.62. The highest BCUT2D eigenvalue weighted by Crippen LogP contribution is 2.36. The monoisotopic (exact) mass is 603 g/mol. The van der Waals surface area contributed by atoms with E-state index in [0.29, 0.717) is 19.3 Å². The zero-order valence-corrected chi connectivity index (χ0v) is 23.1. The van der Waals surface area contributed by atoms with Gasteiger partial charge in [-0.05, 0) is 56.5 Å². The fourth-order valence-electron chi connectivity index (χ4n) is 5.59. The van der Waals surface area contributed by atoms with Crippen molar-refractivity contribution in [1.29, 1.82) is 5.26 Å². The first-order chi connectivity index (χ1) is 20.0. The molecule has 1 aromatic heterocycles. The maximum absolute atomic E-state index is 14.2. The van der Waals surface area contributed by atoms with Gasteiger partial charge in [0.2, 0.25) is 0 Å². The third-order valence-corrected chi connectivity index (χ3v) is 8.05. The fraction of sp³-hybridized carbons (Fsp3) is 0.429. The van der Waals surface area contributed by atoms with Crippen molar-refractivity contribution in [2.75, 3.05) is 11.5 Å². The van der Waals surface area contributed by atoms with Crippen LogP contribution in [-0.2, 0) is 9.53 Å². The van der Waals surface area contributed by atoms with Crippen molar-refractivity contribution in [3.8, 4) is 17.3 Å². The van der Waals surface area contributed by atoms with Crippen LogP contribution in [0.2, 0.25) is 5.02 Å². The van der Waals surface area contributed by atoms with Crippen LogP contribution in [-0.4, -0.2) is 84.5 Å². The fourth-order valence-corrected chi connectivity index (χ4v) is 5.81. The molecule has 0 unspecified atom stereocenters.